The summed E-state index contributed by atoms with van der Waals surface area (Å²) < 4.78 is 39.0. The van der Waals surface area contributed by atoms with Crippen molar-refractivity contribution in [2.24, 2.45) is 0 Å². The molecule has 0 saturated carbocycles. The number of benzene rings is 1. The summed E-state index contributed by atoms with van der Waals surface area (Å²) in [6.45, 7) is 9.48. The topological polar surface area (TPSA) is 223 Å². The lowest BCUT2D eigenvalue weighted by Gasteiger charge is -2.18. The van der Waals surface area contributed by atoms with Gasteiger partial charge in [-0.3, -0.25) is 8.98 Å². The van der Waals surface area contributed by atoms with Gasteiger partial charge >= 0.3 is 16.3 Å². The van der Waals surface area contributed by atoms with Crippen LogP contribution in [0.3, 0.4) is 0 Å². The number of ether oxygens (including phenoxy) is 1. The van der Waals surface area contributed by atoms with Crippen molar-refractivity contribution in [2.45, 2.75) is 88.3 Å². The molecule has 3 saturated heterocycles. The summed E-state index contributed by atoms with van der Waals surface area (Å²) in [6, 6.07) is 7.22. The fourth-order valence-electron chi connectivity index (χ4n) is 6.38. The first kappa shape index (κ1) is 37.0. The number of urea groups is 1. The van der Waals surface area contributed by atoms with E-state index in [2.05, 4.69) is 46.3 Å². The molecule has 3 aromatic rings. The van der Waals surface area contributed by atoms with Gasteiger partial charge in [0.05, 0.1) is 36.1 Å². The molecule has 6 rings (SSSR count). The van der Waals surface area contributed by atoms with Crippen molar-refractivity contribution in [3.8, 4) is 0 Å². The van der Waals surface area contributed by atoms with Crippen LogP contribution in [0, 0.1) is 0 Å². The van der Waals surface area contributed by atoms with E-state index in [1.807, 2.05) is 16.9 Å². The number of rotatable bonds is 13. The number of aliphatic hydroxyl groups excluding tert-OH is 2. The van der Waals surface area contributed by atoms with Crippen LogP contribution in [0.15, 0.2) is 30.6 Å². The maximum Gasteiger partial charge on any atom is 0.362 e. The molecule has 0 radical (unpaired) electrons. The second-order valence-corrected chi connectivity index (χ2v) is 14.8. The monoisotopic (exact) mass is 722 g/mol. The number of thioether (sulfide) groups is 1. The van der Waals surface area contributed by atoms with E-state index >= 15 is 0 Å². The number of aliphatic hydroxyl groups is 2. The van der Waals surface area contributed by atoms with Gasteiger partial charge in [-0.05, 0) is 38.5 Å². The Kier molecular flexibility index (Phi) is 12.2. The molecule has 0 bridgehead atoms. The summed E-state index contributed by atoms with van der Waals surface area (Å²) in [6.07, 6.45) is -1.96. The van der Waals surface area contributed by atoms with Gasteiger partial charge in [0.2, 0.25) is 5.91 Å². The van der Waals surface area contributed by atoms with Gasteiger partial charge in [-0.2, -0.15) is 20.2 Å². The third-order valence-electron chi connectivity index (χ3n) is 9.10. The number of aromatic nitrogens is 3. The van der Waals surface area contributed by atoms with Crippen LogP contribution in [-0.4, -0.2) is 118 Å². The molecule has 270 valence electrons. The first-order valence-electron chi connectivity index (χ1n) is 16.6. The van der Waals surface area contributed by atoms with E-state index in [-0.39, 0.29) is 35.6 Å². The number of para-hydroxylation sites is 1. The minimum absolute atomic E-state index is 0.0261. The van der Waals surface area contributed by atoms with Crippen molar-refractivity contribution in [1.29, 1.82) is 0 Å². The number of anilines is 1. The molecule has 7 atom stereocenters. The molecule has 3 aliphatic heterocycles. The fraction of sp³-hybridized carbons (Fsp3) is 0.613. The molecule has 3 aliphatic rings. The van der Waals surface area contributed by atoms with Gasteiger partial charge < -0.3 is 40.8 Å². The van der Waals surface area contributed by atoms with Crippen molar-refractivity contribution in [1.82, 2.24) is 34.8 Å². The molecule has 3 fully saturated rings. The summed E-state index contributed by atoms with van der Waals surface area (Å²) in [5.74, 6) is 0.294. The summed E-state index contributed by atoms with van der Waals surface area (Å²) in [5.41, 5.74) is 7.59. The number of nitrogens with one attached hydrogen (secondary N) is 3. The number of carbonyl (C=O) groups excluding carboxylic acids is 2. The van der Waals surface area contributed by atoms with Crippen LogP contribution in [0.1, 0.15) is 52.7 Å². The lowest BCUT2D eigenvalue weighted by Crippen LogP contribution is -2.38. The quantitative estimate of drug-likeness (QED) is 0.108. The zero-order valence-corrected chi connectivity index (χ0v) is 29.5. The second kappa shape index (κ2) is 16.2. The van der Waals surface area contributed by atoms with E-state index in [4.69, 9.17) is 14.7 Å². The van der Waals surface area contributed by atoms with Gasteiger partial charge in [0.25, 0.3) is 0 Å². The van der Waals surface area contributed by atoms with Gasteiger partial charge in [0, 0.05) is 22.8 Å². The number of carbonyl (C=O) groups is 2. The van der Waals surface area contributed by atoms with Gasteiger partial charge in [0.1, 0.15) is 23.8 Å². The van der Waals surface area contributed by atoms with E-state index in [0.717, 1.165) is 12.2 Å². The summed E-state index contributed by atoms with van der Waals surface area (Å²) in [5, 5.41) is 28.1. The molecule has 0 aliphatic carbocycles. The van der Waals surface area contributed by atoms with Crippen LogP contribution in [0.25, 0.3) is 21.9 Å². The van der Waals surface area contributed by atoms with Crippen LogP contribution < -0.4 is 21.1 Å². The molecule has 0 spiro atoms. The standard InChI is InChI=1S/C25H31N7O8S2.C6H15N/c26-23-19-20(12-5-1-2-6-13(12)28-23)32(11-27-19)24-22(35)21(34)15(40-24)9-39-42(37,38)31-17(33)8-4-3-7-16-18-14(10-41-16)29-25(36)30-18;1-4-7(5-2)6-3/h1-2,5-6,11,14-16,18,21-22,24,34-35H,3-4,7-10H2,(H2,26,28)(H,31,33)(H2,29,30,36);4-6H2,1-3H3/t14-,15+,16-,18-,21+,22+,24+;/m0./s1. The first-order valence-corrected chi connectivity index (χ1v) is 19.0. The van der Waals surface area contributed by atoms with Crippen molar-refractivity contribution in [3.63, 3.8) is 0 Å². The Morgan fingerprint density at radius 2 is 1.90 bits per heavy atom. The van der Waals surface area contributed by atoms with Crippen molar-refractivity contribution >= 4 is 61.8 Å². The lowest BCUT2D eigenvalue weighted by molar-refractivity contribution is -0.119. The minimum atomic E-state index is -4.50. The van der Waals surface area contributed by atoms with Crippen molar-refractivity contribution in [3.05, 3.63) is 30.6 Å². The van der Waals surface area contributed by atoms with Crippen LogP contribution in [-0.2, 0) is 24.0 Å². The largest absolute Gasteiger partial charge is 0.387 e. The van der Waals surface area contributed by atoms with E-state index < -0.39 is 47.4 Å². The number of hydrogen-bond acceptors (Lipinski definition) is 13. The molecular formula is C31H46N8O8S2. The molecule has 1 aromatic carbocycles. The Morgan fingerprint density at radius 1 is 1.16 bits per heavy atom. The average Bonchev–Trinajstić information content (AvgIpc) is 3.83. The third-order valence-corrected chi connectivity index (χ3v) is 11.5. The maximum absolute atomic E-state index is 12.4. The Balaban J connectivity index is 0.000000606. The highest BCUT2D eigenvalue weighted by Gasteiger charge is 2.45. The average molecular weight is 723 g/mol. The molecule has 3 amide bonds. The van der Waals surface area contributed by atoms with Crippen LogP contribution >= 0.6 is 11.8 Å². The molecule has 5 heterocycles. The predicted octanol–water partition coefficient (Wildman–Crippen LogP) is 1.24. The first-order chi connectivity index (χ1) is 23.5. The Hall–Kier alpha value is -3.26. The molecular weight excluding hydrogens is 677 g/mol. The zero-order chi connectivity index (χ0) is 35.3. The smallest absolute Gasteiger partial charge is 0.362 e. The fourth-order valence-corrected chi connectivity index (χ4v) is 8.68. The summed E-state index contributed by atoms with van der Waals surface area (Å²) >= 11 is 1.77. The molecule has 18 heteroatoms. The highest BCUT2D eigenvalue weighted by Crippen LogP contribution is 2.36. The minimum Gasteiger partial charge on any atom is -0.387 e. The van der Waals surface area contributed by atoms with Gasteiger partial charge in [-0.25, -0.2) is 19.5 Å². The number of fused-ring (bicyclic) bond motifs is 4. The number of imidazole rings is 1. The Morgan fingerprint density at radius 3 is 2.61 bits per heavy atom. The number of nitrogens with two attached hydrogens (primary N) is 1. The van der Waals surface area contributed by atoms with E-state index in [0.29, 0.717) is 34.8 Å². The number of pyridine rings is 1. The predicted molar refractivity (Wildman–Crippen MR) is 186 cm³/mol. The van der Waals surface area contributed by atoms with E-state index in [9.17, 15) is 28.2 Å². The zero-order valence-electron chi connectivity index (χ0n) is 27.8. The SMILES string of the molecule is CCN(CC)CC.Nc1nc2ccccc2c2c1ncn2[C@@H]1O[C@H](COS(=O)(=O)NC(=O)CCCC[C@@H]2SC[C@@H]3NC(=O)N[C@@H]32)[C@@H](O)[C@H]1O. The molecule has 16 nitrogen and oxygen atoms in total. The molecule has 49 heavy (non-hydrogen) atoms. The van der Waals surface area contributed by atoms with Crippen LogP contribution in [0.4, 0.5) is 10.6 Å². The normalized spacial score (nSPS) is 26.4. The molecule has 0 unspecified atom stereocenters. The Bertz CT molecular complexity index is 1720. The van der Waals surface area contributed by atoms with Gasteiger partial charge in [0.15, 0.2) is 12.0 Å². The van der Waals surface area contributed by atoms with Crippen LogP contribution in [0.2, 0.25) is 0 Å². The Labute approximate surface area is 289 Å². The maximum atomic E-state index is 12.4. The summed E-state index contributed by atoms with van der Waals surface area (Å²) in [4.78, 5) is 34.8. The van der Waals surface area contributed by atoms with E-state index in [1.54, 1.807) is 23.9 Å². The van der Waals surface area contributed by atoms with Crippen LogP contribution in [0.5, 0.6) is 0 Å². The lowest BCUT2D eigenvalue weighted by atomic mass is 10.0. The second-order valence-electron chi connectivity index (χ2n) is 12.2. The van der Waals surface area contributed by atoms with Gasteiger partial charge in [-0.15, -0.1) is 0 Å². The number of hydrogen-bond donors (Lipinski definition) is 6. The molecule has 2 aromatic heterocycles. The number of nitrogens with zero attached hydrogens (tertiary/aromatic N) is 4. The van der Waals surface area contributed by atoms with Gasteiger partial charge in [-0.1, -0.05) is 45.4 Å². The third kappa shape index (κ3) is 8.56. The van der Waals surface area contributed by atoms with E-state index in [1.165, 1.54) is 30.5 Å². The number of unbranched alkanes of at least 4 members (excludes halogenated alkanes) is 1. The van der Waals surface area contributed by atoms with Crippen molar-refractivity contribution < 1.29 is 37.1 Å². The van der Waals surface area contributed by atoms with Crippen molar-refractivity contribution in [2.75, 3.05) is 37.7 Å². The highest BCUT2D eigenvalue weighted by atomic mass is 32.2. The number of amides is 3. The molecule has 7 N–H and O–H groups in total. The summed E-state index contributed by atoms with van der Waals surface area (Å²) in [7, 11) is -4.50. The highest BCUT2D eigenvalue weighted by molar-refractivity contribution is 8.00. The number of nitrogen functional groups attached to an aromatic ring is 1.